The number of aliphatic carboxylic acids is 1. The standard InChI is InChI=1S/C14H19NO4/c1-18-7-6-15(9-14(16)17)8-11-10-19-13-5-3-2-4-12(11)13/h2-5,11H,6-10H2,1H3,(H,16,17). The number of nitrogens with zero attached hydrogens (tertiary/aromatic N) is 1. The molecule has 0 aliphatic carbocycles. The normalized spacial score (nSPS) is 17.3. The zero-order valence-electron chi connectivity index (χ0n) is 11.0. The van der Waals surface area contributed by atoms with Gasteiger partial charge in [0.05, 0.1) is 19.8 Å². The topological polar surface area (TPSA) is 59.0 Å². The van der Waals surface area contributed by atoms with Crippen LogP contribution < -0.4 is 4.74 Å². The maximum absolute atomic E-state index is 10.9. The van der Waals surface area contributed by atoms with Crippen LogP contribution in [0.4, 0.5) is 0 Å². The van der Waals surface area contributed by atoms with Crippen molar-refractivity contribution in [1.29, 1.82) is 0 Å². The van der Waals surface area contributed by atoms with Gasteiger partial charge in [0.2, 0.25) is 0 Å². The molecule has 1 aliphatic rings. The fraction of sp³-hybridized carbons (Fsp3) is 0.500. The van der Waals surface area contributed by atoms with Gasteiger partial charge in [0.15, 0.2) is 0 Å². The number of para-hydroxylation sites is 1. The minimum absolute atomic E-state index is 0.0298. The average molecular weight is 265 g/mol. The van der Waals surface area contributed by atoms with Crippen LogP contribution in [0.5, 0.6) is 5.75 Å². The third-order valence-corrected chi connectivity index (χ3v) is 3.25. The monoisotopic (exact) mass is 265 g/mol. The Bertz CT molecular complexity index is 435. The van der Waals surface area contributed by atoms with E-state index < -0.39 is 5.97 Å². The molecule has 0 saturated carbocycles. The molecule has 0 saturated heterocycles. The highest BCUT2D eigenvalue weighted by molar-refractivity contribution is 5.69. The van der Waals surface area contributed by atoms with Gasteiger partial charge in [-0.2, -0.15) is 0 Å². The van der Waals surface area contributed by atoms with Crippen molar-refractivity contribution in [2.75, 3.05) is 40.0 Å². The van der Waals surface area contributed by atoms with Crippen molar-refractivity contribution in [3.8, 4) is 5.75 Å². The molecule has 19 heavy (non-hydrogen) atoms. The summed E-state index contributed by atoms with van der Waals surface area (Å²) in [5, 5.41) is 8.94. The van der Waals surface area contributed by atoms with E-state index >= 15 is 0 Å². The quantitative estimate of drug-likeness (QED) is 0.802. The summed E-state index contributed by atoms with van der Waals surface area (Å²) >= 11 is 0. The predicted octanol–water partition coefficient (Wildman–Crippen LogP) is 1.20. The Balaban J connectivity index is 1.99. The Morgan fingerprint density at radius 1 is 1.53 bits per heavy atom. The molecule has 1 aromatic carbocycles. The van der Waals surface area contributed by atoms with Gasteiger partial charge >= 0.3 is 5.97 Å². The van der Waals surface area contributed by atoms with E-state index in [-0.39, 0.29) is 12.5 Å². The van der Waals surface area contributed by atoms with Gasteiger partial charge < -0.3 is 14.6 Å². The summed E-state index contributed by atoms with van der Waals surface area (Å²) in [6, 6.07) is 7.92. The molecule has 0 spiro atoms. The summed E-state index contributed by atoms with van der Waals surface area (Å²) in [5.41, 5.74) is 1.16. The second-order valence-corrected chi connectivity index (χ2v) is 4.67. The van der Waals surface area contributed by atoms with Crippen molar-refractivity contribution in [1.82, 2.24) is 4.90 Å². The molecule has 1 unspecified atom stereocenters. The molecule has 1 aromatic rings. The smallest absolute Gasteiger partial charge is 0.317 e. The van der Waals surface area contributed by atoms with Crippen molar-refractivity contribution in [3.05, 3.63) is 29.8 Å². The van der Waals surface area contributed by atoms with Crippen LogP contribution in [-0.2, 0) is 9.53 Å². The van der Waals surface area contributed by atoms with Crippen LogP contribution in [0.2, 0.25) is 0 Å². The first kappa shape index (κ1) is 13.8. The van der Waals surface area contributed by atoms with E-state index in [2.05, 4.69) is 0 Å². The van der Waals surface area contributed by atoms with Gasteiger partial charge in [0.25, 0.3) is 0 Å². The summed E-state index contributed by atoms with van der Waals surface area (Å²) in [7, 11) is 1.62. The Kier molecular flexibility index (Phi) is 4.76. The SMILES string of the molecule is COCCN(CC(=O)O)CC1COc2ccccc21. The molecule has 1 atom stereocenters. The van der Waals surface area contributed by atoms with Gasteiger partial charge in [-0.1, -0.05) is 18.2 Å². The zero-order valence-corrected chi connectivity index (χ0v) is 11.0. The van der Waals surface area contributed by atoms with Crippen LogP contribution in [0.1, 0.15) is 11.5 Å². The van der Waals surface area contributed by atoms with Gasteiger partial charge in [0.1, 0.15) is 5.75 Å². The summed E-state index contributed by atoms with van der Waals surface area (Å²) in [6.07, 6.45) is 0. The minimum Gasteiger partial charge on any atom is -0.493 e. The summed E-state index contributed by atoms with van der Waals surface area (Å²) in [6.45, 7) is 2.46. The van der Waals surface area contributed by atoms with E-state index in [1.807, 2.05) is 29.2 Å². The van der Waals surface area contributed by atoms with Gasteiger partial charge in [-0.15, -0.1) is 0 Å². The lowest BCUT2D eigenvalue weighted by Crippen LogP contribution is -2.36. The van der Waals surface area contributed by atoms with E-state index in [1.165, 1.54) is 0 Å². The molecule has 0 fully saturated rings. The maximum Gasteiger partial charge on any atom is 0.317 e. The zero-order chi connectivity index (χ0) is 13.7. The Morgan fingerprint density at radius 2 is 2.32 bits per heavy atom. The number of carboxylic acids is 1. The van der Waals surface area contributed by atoms with Crippen molar-refractivity contribution >= 4 is 5.97 Å². The largest absolute Gasteiger partial charge is 0.493 e. The summed E-state index contributed by atoms with van der Waals surface area (Å²) in [5.74, 6) is 0.324. The molecule has 0 radical (unpaired) electrons. The highest BCUT2D eigenvalue weighted by atomic mass is 16.5. The maximum atomic E-state index is 10.9. The van der Waals surface area contributed by atoms with Gasteiger partial charge in [-0.3, -0.25) is 9.69 Å². The predicted molar refractivity (Wildman–Crippen MR) is 70.6 cm³/mol. The van der Waals surface area contributed by atoms with Gasteiger partial charge in [-0.05, 0) is 6.07 Å². The van der Waals surface area contributed by atoms with Crippen LogP contribution >= 0.6 is 0 Å². The van der Waals surface area contributed by atoms with E-state index in [0.29, 0.717) is 26.3 Å². The molecule has 1 heterocycles. The fourth-order valence-corrected chi connectivity index (χ4v) is 2.34. The molecule has 0 bridgehead atoms. The number of carboxylic acid groups (broad SMARTS) is 1. The lowest BCUT2D eigenvalue weighted by atomic mass is 10.0. The van der Waals surface area contributed by atoms with E-state index in [9.17, 15) is 4.79 Å². The number of carbonyl (C=O) groups is 1. The molecular weight excluding hydrogens is 246 g/mol. The van der Waals surface area contributed by atoms with Crippen molar-refractivity contribution in [3.63, 3.8) is 0 Å². The lowest BCUT2D eigenvalue weighted by Gasteiger charge is -2.22. The minimum atomic E-state index is -0.816. The highest BCUT2D eigenvalue weighted by Crippen LogP contribution is 2.33. The first-order chi connectivity index (χ1) is 9.20. The van der Waals surface area contributed by atoms with Crippen molar-refractivity contribution in [2.45, 2.75) is 5.92 Å². The fourth-order valence-electron chi connectivity index (χ4n) is 2.34. The summed E-state index contributed by atoms with van der Waals surface area (Å²) in [4.78, 5) is 12.8. The third-order valence-electron chi connectivity index (χ3n) is 3.25. The molecule has 0 amide bonds. The van der Waals surface area contributed by atoms with Crippen LogP contribution in [-0.4, -0.2) is 55.9 Å². The van der Waals surface area contributed by atoms with Gasteiger partial charge in [0, 0.05) is 31.7 Å². The van der Waals surface area contributed by atoms with Crippen LogP contribution in [0.25, 0.3) is 0 Å². The number of hydrogen-bond donors (Lipinski definition) is 1. The van der Waals surface area contributed by atoms with Crippen LogP contribution in [0.3, 0.4) is 0 Å². The Labute approximate surface area is 112 Å². The third kappa shape index (κ3) is 3.68. The molecule has 1 aliphatic heterocycles. The van der Waals surface area contributed by atoms with E-state index in [0.717, 1.165) is 11.3 Å². The molecule has 2 rings (SSSR count). The molecule has 0 aromatic heterocycles. The second-order valence-electron chi connectivity index (χ2n) is 4.67. The number of hydrogen-bond acceptors (Lipinski definition) is 4. The first-order valence-corrected chi connectivity index (χ1v) is 6.35. The first-order valence-electron chi connectivity index (χ1n) is 6.35. The molecular formula is C14H19NO4. The Hall–Kier alpha value is -1.59. The van der Waals surface area contributed by atoms with Crippen molar-refractivity contribution in [2.24, 2.45) is 0 Å². The van der Waals surface area contributed by atoms with E-state index in [4.69, 9.17) is 14.6 Å². The number of rotatable bonds is 7. The van der Waals surface area contributed by atoms with Crippen LogP contribution in [0.15, 0.2) is 24.3 Å². The molecule has 5 heteroatoms. The summed E-state index contributed by atoms with van der Waals surface area (Å²) < 4.78 is 10.6. The number of methoxy groups -OCH3 is 1. The Morgan fingerprint density at radius 3 is 3.05 bits per heavy atom. The van der Waals surface area contributed by atoms with Crippen molar-refractivity contribution < 1.29 is 19.4 Å². The average Bonchev–Trinajstić information content (AvgIpc) is 2.79. The van der Waals surface area contributed by atoms with Gasteiger partial charge in [-0.25, -0.2) is 0 Å². The number of benzene rings is 1. The number of ether oxygens (including phenoxy) is 2. The molecule has 1 N–H and O–H groups in total. The highest BCUT2D eigenvalue weighted by Gasteiger charge is 2.26. The van der Waals surface area contributed by atoms with E-state index in [1.54, 1.807) is 7.11 Å². The molecule has 5 nitrogen and oxygen atoms in total. The number of fused-ring (bicyclic) bond motifs is 1. The molecule has 104 valence electrons. The second kappa shape index (κ2) is 6.54. The lowest BCUT2D eigenvalue weighted by molar-refractivity contribution is -0.138. The van der Waals surface area contributed by atoms with Crippen LogP contribution in [0, 0.1) is 0 Å².